The quantitative estimate of drug-likeness (QED) is 0.684. The average Bonchev–Trinajstić information content (AvgIpc) is 3.22. The normalized spacial score (nSPS) is 14.5. The van der Waals surface area contributed by atoms with Gasteiger partial charge < -0.3 is 13.9 Å². The van der Waals surface area contributed by atoms with Gasteiger partial charge in [-0.3, -0.25) is 0 Å². The van der Waals surface area contributed by atoms with Crippen molar-refractivity contribution in [3.63, 3.8) is 0 Å². The van der Waals surface area contributed by atoms with E-state index in [0.29, 0.717) is 5.92 Å². The van der Waals surface area contributed by atoms with Crippen LogP contribution in [0.2, 0.25) is 0 Å². The van der Waals surface area contributed by atoms with Crippen molar-refractivity contribution in [3.05, 3.63) is 48.0 Å². The van der Waals surface area contributed by atoms with Gasteiger partial charge in [-0.15, -0.1) is 0 Å². The third kappa shape index (κ3) is 2.74. The molecule has 0 spiro atoms. The van der Waals surface area contributed by atoms with Crippen LogP contribution in [0.5, 0.6) is 5.75 Å². The summed E-state index contributed by atoms with van der Waals surface area (Å²) in [7, 11) is 1.71. The number of hydrogen-bond acceptors (Lipinski definition) is 2. The van der Waals surface area contributed by atoms with Gasteiger partial charge in [0.2, 0.25) is 0 Å². The van der Waals surface area contributed by atoms with E-state index in [2.05, 4.69) is 46.7 Å². The van der Waals surface area contributed by atoms with Crippen molar-refractivity contribution in [2.75, 3.05) is 7.11 Å². The highest BCUT2D eigenvalue weighted by atomic mass is 16.5. The molecule has 2 heterocycles. The first-order valence-corrected chi connectivity index (χ1v) is 8.47. The van der Waals surface area contributed by atoms with Crippen LogP contribution in [-0.4, -0.2) is 21.2 Å². The van der Waals surface area contributed by atoms with Crippen LogP contribution in [-0.2, 0) is 13.1 Å². The molecule has 4 heteroatoms. The summed E-state index contributed by atoms with van der Waals surface area (Å²) in [6, 6.07) is 8.38. The number of nitrogens with zero attached hydrogens (tertiary/aromatic N) is 3. The average molecular weight is 309 g/mol. The van der Waals surface area contributed by atoms with Crippen molar-refractivity contribution in [3.8, 4) is 5.75 Å². The monoisotopic (exact) mass is 309 g/mol. The minimum absolute atomic E-state index is 0.624. The number of rotatable bonds is 6. The van der Waals surface area contributed by atoms with Crippen molar-refractivity contribution >= 4 is 11.0 Å². The van der Waals surface area contributed by atoms with Crippen LogP contribution < -0.4 is 4.74 Å². The van der Waals surface area contributed by atoms with Crippen molar-refractivity contribution in [1.29, 1.82) is 0 Å². The highest BCUT2D eigenvalue weighted by Crippen LogP contribution is 2.41. The van der Waals surface area contributed by atoms with Gasteiger partial charge in [0.1, 0.15) is 18.2 Å². The first-order valence-electron chi connectivity index (χ1n) is 8.47. The second-order valence-electron chi connectivity index (χ2n) is 6.45. The van der Waals surface area contributed by atoms with Crippen molar-refractivity contribution < 1.29 is 4.74 Å². The van der Waals surface area contributed by atoms with E-state index in [1.165, 1.54) is 30.7 Å². The molecular formula is C19H23N3O. The lowest BCUT2D eigenvalue weighted by Gasteiger charge is -2.10. The summed E-state index contributed by atoms with van der Waals surface area (Å²) in [6.45, 7) is 3.04. The second kappa shape index (κ2) is 5.76. The van der Waals surface area contributed by atoms with E-state index in [1.54, 1.807) is 7.11 Å². The van der Waals surface area contributed by atoms with Gasteiger partial charge in [-0.1, -0.05) is 13.3 Å². The maximum Gasteiger partial charge on any atom is 0.121 e. The Bertz CT molecular complexity index is 826. The third-order valence-electron chi connectivity index (χ3n) is 4.58. The largest absolute Gasteiger partial charge is 0.497 e. The molecule has 0 N–H and O–H groups in total. The van der Waals surface area contributed by atoms with Crippen molar-refractivity contribution in [2.24, 2.45) is 0 Å². The van der Waals surface area contributed by atoms with Gasteiger partial charge in [-0.2, -0.15) is 0 Å². The lowest BCUT2D eigenvalue weighted by molar-refractivity contribution is 0.415. The number of benzene rings is 1. The topological polar surface area (TPSA) is 32.0 Å². The Morgan fingerprint density at radius 1 is 1.26 bits per heavy atom. The molecule has 1 fully saturated rings. The SMILES string of the molecule is CCCc1ccn(Cn2c(C3CC3)nc3ccc(OC)cc32)c1. The Hall–Kier alpha value is -2.23. The lowest BCUT2D eigenvalue weighted by atomic mass is 10.2. The molecule has 0 radical (unpaired) electrons. The smallest absolute Gasteiger partial charge is 0.121 e. The van der Waals surface area contributed by atoms with Gasteiger partial charge >= 0.3 is 0 Å². The predicted molar refractivity (Wildman–Crippen MR) is 92.1 cm³/mol. The Morgan fingerprint density at radius 3 is 2.87 bits per heavy atom. The van der Waals surface area contributed by atoms with E-state index in [-0.39, 0.29) is 0 Å². The summed E-state index contributed by atoms with van der Waals surface area (Å²) in [5.41, 5.74) is 3.63. The fourth-order valence-corrected chi connectivity index (χ4v) is 3.23. The van der Waals surface area contributed by atoms with Gasteiger partial charge in [0, 0.05) is 24.4 Å². The molecule has 0 bridgehead atoms. The molecule has 120 valence electrons. The lowest BCUT2D eigenvalue weighted by Crippen LogP contribution is -2.09. The number of aryl methyl sites for hydroxylation is 1. The molecule has 3 aromatic rings. The molecule has 0 atom stereocenters. The van der Waals surface area contributed by atoms with Gasteiger partial charge in [0.15, 0.2) is 0 Å². The summed E-state index contributed by atoms with van der Waals surface area (Å²) < 4.78 is 10.0. The molecule has 4 rings (SSSR count). The van der Waals surface area contributed by atoms with E-state index < -0.39 is 0 Å². The fraction of sp³-hybridized carbons (Fsp3) is 0.421. The molecular weight excluding hydrogens is 286 g/mol. The van der Waals surface area contributed by atoms with E-state index in [0.717, 1.165) is 29.9 Å². The maximum absolute atomic E-state index is 5.40. The number of fused-ring (bicyclic) bond motifs is 1. The van der Waals surface area contributed by atoms with Crippen LogP contribution >= 0.6 is 0 Å². The molecule has 1 aliphatic carbocycles. The van der Waals surface area contributed by atoms with E-state index in [4.69, 9.17) is 9.72 Å². The van der Waals surface area contributed by atoms with Gasteiger partial charge in [0.05, 0.1) is 18.1 Å². The standard InChI is InChI=1S/C19H23N3O/c1-3-4-14-9-10-21(12-14)13-22-18-11-16(23-2)7-8-17(18)20-19(22)15-5-6-15/h7-12,15H,3-6,13H2,1-2H3. The Balaban J connectivity index is 1.74. The minimum Gasteiger partial charge on any atom is -0.497 e. The van der Waals surface area contributed by atoms with Crippen LogP contribution in [0.25, 0.3) is 11.0 Å². The first kappa shape index (κ1) is 14.4. The molecule has 0 saturated heterocycles. The number of ether oxygens (including phenoxy) is 1. The Labute approximate surface area is 136 Å². The zero-order valence-corrected chi connectivity index (χ0v) is 13.8. The summed E-state index contributed by atoms with van der Waals surface area (Å²) in [6.07, 6.45) is 9.27. The molecule has 0 aliphatic heterocycles. The van der Waals surface area contributed by atoms with Crippen LogP contribution in [0.15, 0.2) is 36.7 Å². The molecule has 0 amide bonds. The Morgan fingerprint density at radius 2 is 2.13 bits per heavy atom. The van der Waals surface area contributed by atoms with E-state index in [1.807, 2.05) is 6.07 Å². The van der Waals surface area contributed by atoms with E-state index in [9.17, 15) is 0 Å². The molecule has 1 aliphatic rings. The number of imidazole rings is 1. The van der Waals surface area contributed by atoms with Gasteiger partial charge in [-0.05, 0) is 43.0 Å². The second-order valence-corrected chi connectivity index (χ2v) is 6.45. The van der Waals surface area contributed by atoms with Crippen LogP contribution in [0.3, 0.4) is 0 Å². The van der Waals surface area contributed by atoms with Gasteiger partial charge in [-0.25, -0.2) is 4.98 Å². The highest BCUT2D eigenvalue weighted by Gasteiger charge is 2.29. The molecule has 2 aromatic heterocycles. The van der Waals surface area contributed by atoms with E-state index >= 15 is 0 Å². The molecule has 23 heavy (non-hydrogen) atoms. The molecule has 0 unspecified atom stereocenters. The molecule has 1 aromatic carbocycles. The Kier molecular flexibility index (Phi) is 3.60. The first-order chi connectivity index (χ1) is 11.3. The molecule has 4 nitrogen and oxygen atoms in total. The number of methoxy groups -OCH3 is 1. The molecule has 1 saturated carbocycles. The fourth-order valence-electron chi connectivity index (χ4n) is 3.23. The van der Waals surface area contributed by atoms with Crippen LogP contribution in [0, 0.1) is 0 Å². The van der Waals surface area contributed by atoms with Crippen molar-refractivity contribution in [1.82, 2.24) is 14.1 Å². The predicted octanol–water partition coefficient (Wildman–Crippen LogP) is 4.18. The van der Waals surface area contributed by atoms with Crippen LogP contribution in [0.4, 0.5) is 0 Å². The zero-order valence-electron chi connectivity index (χ0n) is 13.8. The maximum atomic E-state index is 5.40. The summed E-state index contributed by atoms with van der Waals surface area (Å²) in [5, 5.41) is 0. The number of hydrogen-bond donors (Lipinski definition) is 0. The summed E-state index contributed by atoms with van der Waals surface area (Å²) in [5.74, 6) is 2.73. The summed E-state index contributed by atoms with van der Waals surface area (Å²) in [4.78, 5) is 4.88. The zero-order chi connectivity index (χ0) is 15.8. The summed E-state index contributed by atoms with van der Waals surface area (Å²) >= 11 is 0. The highest BCUT2D eigenvalue weighted by molar-refractivity contribution is 5.78. The van der Waals surface area contributed by atoms with Gasteiger partial charge in [0.25, 0.3) is 0 Å². The third-order valence-corrected chi connectivity index (χ3v) is 4.58. The van der Waals surface area contributed by atoms with Crippen molar-refractivity contribution in [2.45, 2.75) is 45.2 Å². The minimum atomic E-state index is 0.624. The number of aromatic nitrogens is 3. The van der Waals surface area contributed by atoms with Crippen LogP contribution in [0.1, 0.15) is 43.5 Å².